The molecule has 1 aliphatic heterocycles. The van der Waals surface area contributed by atoms with Gasteiger partial charge in [0.15, 0.2) is 0 Å². The molecule has 1 heterocycles. The Kier molecular flexibility index (Phi) is 6.67. The van der Waals surface area contributed by atoms with Gasteiger partial charge >= 0.3 is 0 Å². The quantitative estimate of drug-likeness (QED) is 0.807. The number of benzene rings is 1. The van der Waals surface area contributed by atoms with Crippen LogP contribution in [0.3, 0.4) is 0 Å². The highest BCUT2D eigenvalue weighted by Gasteiger charge is 2.35. The summed E-state index contributed by atoms with van der Waals surface area (Å²) < 4.78 is 0. The van der Waals surface area contributed by atoms with Crippen LogP contribution >= 0.6 is 11.6 Å². The normalized spacial score (nSPS) is 19.0. The lowest BCUT2D eigenvalue weighted by Crippen LogP contribution is -2.38. The van der Waals surface area contributed by atoms with E-state index in [2.05, 4.69) is 19.2 Å². The number of hydrogen-bond donors (Lipinski definition) is 1. The van der Waals surface area contributed by atoms with Crippen LogP contribution < -0.4 is 10.2 Å². The molecule has 5 heteroatoms. The summed E-state index contributed by atoms with van der Waals surface area (Å²) in [6, 6.07) is 7.29. The summed E-state index contributed by atoms with van der Waals surface area (Å²) in [7, 11) is 0. The number of carbonyl (C=O) groups is 2. The van der Waals surface area contributed by atoms with Crippen LogP contribution in [-0.4, -0.2) is 24.4 Å². The van der Waals surface area contributed by atoms with E-state index in [0.717, 1.165) is 18.5 Å². The maximum absolute atomic E-state index is 12.4. The molecule has 132 valence electrons. The largest absolute Gasteiger partial charge is 0.353 e. The molecule has 0 aromatic heterocycles. The van der Waals surface area contributed by atoms with Gasteiger partial charge in [-0.15, -0.1) is 0 Å². The van der Waals surface area contributed by atoms with Gasteiger partial charge in [0.25, 0.3) is 0 Å². The molecule has 0 radical (unpaired) electrons. The highest BCUT2D eigenvalue weighted by atomic mass is 35.5. The summed E-state index contributed by atoms with van der Waals surface area (Å²) in [6.07, 6.45) is 3.53. The SMILES string of the molecule is CC(C)CCCC(C)NC(=O)C1CC(=O)N(c2ccc(Cl)cc2)C1. The summed E-state index contributed by atoms with van der Waals surface area (Å²) in [4.78, 5) is 26.3. The fraction of sp³-hybridized carbons (Fsp3) is 0.579. The molecule has 0 aliphatic carbocycles. The molecule has 1 saturated heterocycles. The maximum atomic E-state index is 12.4. The third kappa shape index (κ3) is 5.23. The fourth-order valence-corrected chi connectivity index (χ4v) is 3.14. The van der Waals surface area contributed by atoms with E-state index in [-0.39, 0.29) is 30.2 Å². The first-order valence-corrected chi connectivity index (χ1v) is 9.11. The third-order valence-corrected chi connectivity index (χ3v) is 4.69. The van der Waals surface area contributed by atoms with Gasteiger partial charge < -0.3 is 10.2 Å². The first-order chi connectivity index (χ1) is 11.4. The third-order valence-electron chi connectivity index (χ3n) is 4.44. The molecule has 1 fully saturated rings. The highest BCUT2D eigenvalue weighted by Crippen LogP contribution is 2.26. The second-order valence-electron chi connectivity index (χ2n) is 7.12. The number of halogens is 1. The summed E-state index contributed by atoms with van der Waals surface area (Å²) in [5.74, 6) is 0.385. The van der Waals surface area contributed by atoms with Crippen LogP contribution in [0, 0.1) is 11.8 Å². The number of hydrogen-bond acceptors (Lipinski definition) is 2. The molecule has 1 N–H and O–H groups in total. The van der Waals surface area contributed by atoms with Gasteiger partial charge in [0.1, 0.15) is 0 Å². The fourth-order valence-electron chi connectivity index (χ4n) is 3.02. The van der Waals surface area contributed by atoms with Gasteiger partial charge in [-0.2, -0.15) is 0 Å². The Balaban J connectivity index is 1.85. The molecule has 2 unspecified atom stereocenters. The Labute approximate surface area is 149 Å². The predicted molar refractivity (Wildman–Crippen MR) is 98.2 cm³/mol. The van der Waals surface area contributed by atoms with Crippen LogP contribution in [0.15, 0.2) is 24.3 Å². The van der Waals surface area contributed by atoms with Crippen LogP contribution in [0.5, 0.6) is 0 Å². The van der Waals surface area contributed by atoms with E-state index in [1.54, 1.807) is 17.0 Å². The van der Waals surface area contributed by atoms with Crippen molar-refractivity contribution in [2.45, 2.75) is 52.5 Å². The smallest absolute Gasteiger partial charge is 0.227 e. The zero-order valence-corrected chi connectivity index (χ0v) is 15.5. The van der Waals surface area contributed by atoms with Gasteiger partial charge in [-0.25, -0.2) is 0 Å². The molecule has 24 heavy (non-hydrogen) atoms. The number of nitrogens with zero attached hydrogens (tertiary/aromatic N) is 1. The van der Waals surface area contributed by atoms with E-state index in [1.165, 1.54) is 6.42 Å². The molecule has 0 bridgehead atoms. The molecule has 2 atom stereocenters. The number of anilines is 1. The van der Waals surface area contributed by atoms with Crippen molar-refractivity contribution in [1.29, 1.82) is 0 Å². The summed E-state index contributed by atoms with van der Waals surface area (Å²) in [5, 5.41) is 3.69. The standard InChI is InChI=1S/C19H27ClN2O2/c1-13(2)5-4-6-14(3)21-19(24)15-11-18(23)22(12-15)17-9-7-16(20)8-10-17/h7-10,13-15H,4-6,11-12H2,1-3H3,(H,21,24). The van der Waals surface area contributed by atoms with Crippen molar-refractivity contribution in [3.05, 3.63) is 29.3 Å². The van der Waals surface area contributed by atoms with E-state index >= 15 is 0 Å². The Morgan fingerprint density at radius 3 is 2.54 bits per heavy atom. The molecule has 0 spiro atoms. The van der Waals surface area contributed by atoms with Crippen LogP contribution in [0.4, 0.5) is 5.69 Å². The summed E-state index contributed by atoms with van der Waals surface area (Å²) in [6.45, 7) is 6.88. The average Bonchev–Trinajstić information content (AvgIpc) is 2.90. The predicted octanol–water partition coefficient (Wildman–Crippen LogP) is 4.02. The molecule has 1 aromatic carbocycles. The zero-order chi connectivity index (χ0) is 17.7. The topological polar surface area (TPSA) is 49.4 Å². The van der Waals surface area contributed by atoms with Crippen molar-refractivity contribution in [1.82, 2.24) is 5.32 Å². The van der Waals surface area contributed by atoms with Gasteiger partial charge in [0.2, 0.25) is 11.8 Å². The lowest BCUT2D eigenvalue weighted by molar-refractivity contribution is -0.126. The van der Waals surface area contributed by atoms with E-state index in [0.29, 0.717) is 17.5 Å². The van der Waals surface area contributed by atoms with Crippen molar-refractivity contribution >= 4 is 29.1 Å². The first-order valence-electron chi connectivity index (χ1n) is 8.73. The van der Waals surface area contributed by atoms with E-state index in [4.69, 9.17) is 11.6 Å². The van der Waals surface area contributed by atoms with Crippen LogP contribution in [0.1, 0.15) is 46.5 Å². The van der Waals surface area contributed by atoms with E-state index in [9.17, 15) is 9.59 Å². The zero-order valence-electron chi connectivity index (χ0n) is 14.7. The highest BCUT2D eigenvalue weighted by molar-refractivity contribution is 6.30. The van der Waals surface area contributed by atoms with Crippen molar-refractivity contribution < 1.29 is 9.59 Å². The number of carbonyl (C=O) groups excluding carboxylic acids is 2. The minimum Gasteiger partial charge on any atom is -0.353 e. The first kappa shape index (κ1) is 18.8. The number of rotatable bonds is 7. The van der Waals surface area contributed by atoms with Crippen LogP contribution in [-0.2, 0) is 9.59 Å². The second kappa shape index (κ2) is 8.52. The molecule has 4 nitrogen and oxygen atoms in total. The van der Waals surface area contributed by atoms with E-state index < -0.39 is 0 Å². The van der Waals surface area contributed by atoms with Crippen molar-refractivity contribution in [2.24, 2.45) is 11.8 Å². The van der Waals surface area contributed by atoms with Crippen molar-refractivity contribution in [3.8, 4) is 0 Å². The average molecular weight is 351 g/mol. The second-order valence-corrected chi connectivity index (χ2v) is 7.55. The Hall–Kier alpha value is -1.55. The lowest BCUT2D eigenvalue weighted by Gasteiger charge is -2.19. The Morgan fingerprint density at radius 2 is 1.92 bits per heavy atom. The van der Waals surface area contributed by atoms with Crippen molar-refractivity contribution in [2.75, 3.05) is 11.4 Å². The minimum absolute atomic E-state index is 0.00932. The lowest BCUT2D eigenvalue weighted by atomic mass is 10.0. The van der Waals surface area contributed by atoms with Gasteiger partial charge in [0.05, 0.1) is 5.92 Å². The summed E-state index contributed by atoms with van der Waals surface area (Å²) >= 11 is 5.88. The van der Waals surface area contributed by atoms with Gasteiger partial charge in [-0.05, 0) is 43.5 Å². The Bertz CT molecular complexity index is 571. The molecule has 1 aromatic rings. The molecular formula is C19H27ClN2O2. The molecule has 2 rings (SSSR count). The molecule has 2 amide bonds. The molecular weight excluding hydrogens is 324 g/mol. The number of nitrogens with one attached hydrogen (secondary N) is 1. The molecule has 0 saturated carbocycles. The number of amides is 2. The van der Waals surface area contributed by atoms with Gasteiger partial charge in [-0.1, -0.05) is 38.3 Å². The Morgan fingerprint density at radius 1 is 1.25 bits per heavy atom. The molecule has 1 aliphatic rings. The van der Waals surface area contributed by atoms with Crippen LogP contribution in [0.2, 0.25) is 5.02 Å². The minimum atomic E-state index is -0.277. The monoisotopic (exact) mass is 350 g/mol. The van der Waals surface area contributed by atoms with E-state index in [1.807, 2.05) is 19.1 Å². The maximum Gasteiger partial charge on any atom is 0.227 e. The van der Waals surface area contributed by atoms with Gasteiger partial charge in [0, 0.05) is 29.7 Å². The van der Waals surface area contributed by atoms with Gasteiger partial charge in [-0.3, -0.25) is 9.59 Å². The van der Waals surface area contributed by atoms with Crippen molar-refractivity contribution in [3.63, 3.8) is 0 Å². The summed E-state index contributed by atoms with van der Waals surface area (Å²) in [5.41, 5.74) is 0.796. The van der Waals surface area contributed by atoms with Crippen LogP contribution in [0.25, 0.3) is 0 Å².